The maximum absolute atomic E-state index is 11.1. The molecule has 1 aromatic rings. The SMILES string of the molecule is CNc1cc(CC(O)CO)c(N)c(NC)c1[N+](=O)[O-]. The Morgan fingerprint density at radius 1 is 1.47 bits per heavy atom. The van der Waals surface area contributed by atoms with Crippen LogP contribution in [-0.2, 0) is 6.42 Å². The van der Waals surface area contributed by atoms with Crippen LogP contribution in [0.4, 0.5) is 22.7 Å². The number of benzene rings is 1. The Labute approximate surface area is 110 Å². The summed E-state index contributed by atoms with van der Waals surface area (Å²) >= 11 is 0. The molecule has 8 nitrogen and oxygen atoms in total. The third-order valence-electron chi connectivity index (χ3n) is 2.79. The number of aliphatic hydroxyl groups excluding tert-OH is 2. The van der Waals surface area contributed by atoms with Crippen LogP contribution in [0.15, 0.2) is 6.07 Å². The fourth-order valence-corrected chi connectivity index (χ4v) is 1.86. The Kier molecular flexibility index (Phi) is 4.90. The van der Waals surface area contributed by atoms with Gasteiger partial charge in [-0.2, -0.15) is 0 Å². The van der Waals surface area contributed by atoms with Crippen molar-refractivity contribution in [1.29, 1.82) is 0 Å². The molecule has 106 valence electrons. The summed E-state index contributed by atoms with van der Waals surface area (Å²) in [6, 6.07) is 1.51. The fourth-order valence-electron chi connectivity index (χ4n) is 1.86. The maximum Gasteiger partial charge on any atom is 0.317 e. The summed E-state index contributed by atoms with van der Waals surface area (Å²) in [6.07, 6.45) is -0.845. The maximum atomic E-state index is 11.1. The molecule has 0 bridgehead atoms. The van der Waals surface area contributed by atoms with Gasteiger partial charge in [-0.3, -0.25) is 10.1 Å². The van der Waals surface area contributed by atoms with Crippen LogP contribution in [0.3, 0.4) is 0 Å². The van der Waals surface area contributed by atoms with Crippen LogP contribution in [0.5, 0.6) is 0 Å². The Bertz CT molecular complexity index is 478. The molecular formula is C11H18N4O4. The van der Waals surface area contributed by atoms with E-state index in [1.165, 1.54) is 13.1 Å². The summed E-state index contributed by atoms with van der Waals surface area (Å²) < 4.78 is 0. The molecule has 0 saturated carbocycles. The first-order valence-electron chi connectivity index (χ1n) is 5.70. The number of rotatable bonds is 6. The molecule has 0 saturated heterocycles. The van der Waals surface area contributed by atoms with E-state index in [1.807, 2.05) is 0 Å². The number of nitrogens with one attached hydrogen (secondary N) is 2. The summed E-state index contributed by atoms with van der Waals surface area (Å²) in [6.45, 7) is -0.403. The first-order valence-corrected chi connectivity index (χ1v) is 5.70. The molecule has 1 unspecified atom stereocenters. The average Bonchev–Trinajstić information content (AvgIpc) is 2.39. The van der Waals surface area contributed by atoms with E-state index in [9.17, 15) is 15.2 Å². The number of nitrogens with two attached hydrogens (primary N) is 1. The van der Waals surface area contributed by atoms with Crippen molar-refractivity contribution in [3.63, 3.8) is 0 Å². The minimum atomic E-state index is -0.960. The van der Waals surface area contributed by atoms with E-state index in [2.05, 4.69) is 10.6 Å². The summed E-state index contributed by atoms with van der Waals surface area (Å²) in [5.74, 6) is 0. The lowest BCUT2D eigenvalue weighted by Gasteiger charge is -2.16. The second kappa shape index (κ2) is 6.21. The molecule has 1 rings (SSSR count). The molecule has 0 aliphatic carbocycles. The van der Waals surface area contributed by atoms with Crippen LogP contribution in [-0.4, -0.2) is 41.9 Å². The van der Waals surface area contributed by atoms with Gasteiger partial charge >= 0.3 is 5.69 Å². The van der Waals surface area contributed by atoms with Gasteiger partial charge in [-0.15, -0.1) is 0 Å². The van der Waals surface area contributed by atoms with Gasteiger partial charge in [0.1, 0.15) is 11.4 Å². The minimum Gasteiger partial charge on any atom is -0.397 e. The van der Waals surface area contributed by atoms with Gasteiger partial charge in [-0.05, 0) is 11.6 Å². The van der Waals surface area contributed by atoms with Gasteiger partial charge in [-0.1, -0.05) is 0 Å². The van der Waals surface area contributed by atoms with E-state index < -0.39 is 17.6 Å². The smallest absolute Gasteiger partial charge is 0.317 e. The molecule has 0 fully saturated rings. The number of nitrogen functional groups attached to an aromatic ring is 1. The Morgan fingerprint density at radius 2 is 2.11 bits per heavy atom. The third-order valence-corrected chi connectivity index (χ3v) is 2.79. The van der Waals surface area contributed by atoms with Gasteiger partial charge in [0.2, 0.25) is 0 Å². The number of nitro groups is 1. The van der Waals surface area contributed by atoms with Crippen LogP contribution >= 0.6 is 0 Å². The standard InChI is InChI=1S/C11H18N4O4/c1-13-8-4-6(3-7(17)5-16)9(12)10(14-2)11(8)15(18)19/h4,7,13-14,16-17H,3,5,12H2,1-2H3. The van der Waals surface area contributed by atoms with Crippen LogP contribution in [0.1, 0.15) is 5.56 Å². The molecule has 0 aromatic heterocycles. The van der Waals surface area contributed by atoms with E-state index in [-0.39, 0.29) is 23.5 Å². The highest BCUT2D eigenvalue weighted by molar-refractivity contribution is 5.87. The van der Waals surface area contributed by atoms with E-state index in [0.29, 0.717) is 11.3 Å². The molecule has 0 heterocycles. The van der Waals surface area contributed by atoms with Gasteiger partial charge < -0.3 is 26.6 Å². The monoisotopic (exact) mass is 270 g/mol. The molecule has 19 heavy (non-hydrogen) atoms. The Morgan fingerprint density at radius 3 is 2.53 bits per heavy atom. The van der Waals surface area contributed by atoms with Crippen molar-refractivity contribution in [3.8, 4) is 0 Å². The van der Waals surface area contributed by atoms with Gasteiger partial charge in [0.15, 0.2) is 0 Å². The van der Waals surface area contributed by atoms with E-state index >= 15 is 0 Å². The van der Waals surface area contributed by atoms with E-state index in [4.69, 9.17) is 10.8 Å². The first kappa shape index (κ1) is 15.0. The summed E-state index contributed by atoms with van der Waals surface area (Å²) in [5.41, 5.74) is 6.93. The van der Waals surface area contributed by atoms with Crippen LogP contribution in [0.2, 0.25) is 0 Å². The summed E-state index contributed by atoms with van der Waals surface area (Å²) in [5, 5.41) is 34.8. The molecule has 0 spiro atoms. The van der Waals surface area contributed by atoms with Gasteiger partial charge in [0, 0.05) is 20.5 Å². The average molecular weight is 270 g/mol. The Balaban J connectivity index is 3.40. The second-order valence-electron chi connectivity index (χ2n) is 4.02. The number of hydrogen-bond donors (Lipinski definition) is 5. The summed E-state index contributed by atoms with van der Waals surface area (Å²) in [7, 11) is 3.09. The van der Waals surface area contributed by atoms with Gasteiger partial charge in [0.25, 0.3) is 0 Å². The molecule has 0 aliphatic heterocycles. The molecule has 0 aliphatic rings. The Hall–Kier alpha value is -2.06. The van der Waals surface area contributed by atoms with Crippen molar-refractivity contribution >= 4 is 22.7 Å². The number of nitro benzene ring substituents is 1. The molecule has 6 N–H and O–H groups in total. The molecule has 1 aromatic carbocycles. The predicted molar refractivity (Wildman–Crippen MR) is 73.4 cm³/mol. The van der Waals surface area contributed by atoms with Crippen molar-refractivity contribution in [2.45, 2.75) is 12.5 Å². The molecular weight excluding hydrogens is 252 g/mol. The number of aliphatic hydroxyl groups is 2. The highest BCUT2D eigenvalue weighted by Gasteiger charge is 2.24. The minimum absolute atomic E-state index is 0.115. The summed E-state index contributed by atoms with van der Waals surface area (Å²) in [4.78, 5) is 10.6. The lowest BCUT2D eigenvalue weighted by atomic mass is 10.0. The number of nitrogens with zero attached hydrogens (tertiary/aromatic N) is 1. The molecule has 0 radical (unpaired) electrons. The van der Waals surface area contributed by atoms with Crippen molar-refractivity contribution in [3.05, 3.63) is 21.7 Å². The van der Waals surface area contributed by atoms with Crippen molar-refractivity contribution in [2.75, 3.05) is 37.1 Å². The quantitative estimate of drug-likeness (QED) is 0.282. The topological polar surface area (TPSA) is 134 Å². The first-order chi connectivity index (χ1) is 8.96. The van der Waals surface area contributed by atoms with Crippen LogP contribution in [0, 0.1) is 10.1 Å². The van der Waals surface area contributed by atoms with Gasteiger partial charge in [-0.25, -0.2) is 0 Å². The predicted octanol–water partition coefficient (Wildman–Crippen LogP) is 0.156. The fraction of sp³-hybridized carbons (Fsp3) is 0.455. The van der Waals surface area contributed by atoms with E-state index in [1.54, 1.807) is 7.05 Å². The van der Waals surface area contributed by atoms with Crippen molar-refractivity contribution in [1.82, 2.24) is 0 Å². The van der Waals surface area contributed by atoms with Crippen LogP contribution in [0.25, 0.3) is 0 Å². The highest BCUT2D eigenvalue weighted by atomic mass is 16.6. The van der Waals surface area contributed by atoms with Crippen molar-refractivity contribution < 1.29 is 15.1 Å². The molecule has 8 heteroatoms. The van der Waals surface area contributed by atoms with E-state index in [0.717, 1.165) is 0 Å². The largest absolute Gasteiger partial charge is 0.397 e. The zero-order valence-electron chi connectivity index (χ0n) is 10.8. The normalized spacial score (nSPS) is 12.0. The number of anilines is 3. The zero-order valence-corrected chi connectivity index (χ0v) is 10.8. The molecule has 0 amide bonds. The zero-order chi connectivity index (χ0) is 14.6. The lowest BCUT2D eigenvalue weighted by molar-refractivity contribution is -0.383. The van der Waals surface area contributed by atoms with Crippen molar-refractivity contribution in [2.24, 2.45) is 0 Å². The third kappa shape index (κ3) is 3.04. The van der Waals surface area contributed by atoms with Gasteiger partial charge in [0.05, 0.1) is 23.3 Å². The highest BCUT2D eigenvalue weighted by Crippen LogP contribution is 2.40. The number of hydrogen-bond acceptors (Lipinski definition) is 7. The molecule has 1 atom stereocenters. The lowest BCUT2D eigenvalue weighted by Crippen LogP contribution is -2.17. The second-order valence-corrected chi connectivity index (χ2v) is 4.02. The van der Waals surface area contributed by atoms with Crippen LogP contribution < -0.4 is 16.4 Å².